The minimum absolute atomic E-state index is 0.116. The third-order valence-corrected chi connectivity index (χ3v) is 4.82. The molecule has 1 aromatic carbocycles. The Morgan fingerprint density at radius 2 is 2.10 bits per heavy atom. The van der Waals surface area contributed by atoms with Crippen molar-refractivity contribution < 1.29 is 14.6 Å². The highest BCUT2D eigenvalue weighted by atomic mass is 16.6. The lowest BCUT2D eigenvalue weighted by Crippen LogP contribution is -2.50. The van der Waals surface area contributed by atoms with E-state index in [0.29, 0.717) is 13.2 Å². The van der Waals surface area contributed by atoms with Gasteiger partial charge in [-0.2, -0.15) is 0 Å². The van der Waals surface area contributed by atoms with Crippen LogP contribution in [0.5, 0.6) is 0 Å². The zero-order chi connectivity index (χ0) is 14.1. The molecule has 110 valence electrons. The summed E-state index contributed by atoms with van der Waals surface area (Å²) in [6, 6.07) is 9.77. The molecular weight excluding hydrogens is 254 g/mol. The van der Waals surface area contributed by atoms with Gasteiger partial charge in [0.2, 0.25) is 0 Å². The van der Waals surface area contributed by atoms with Crippen molar-refractivity contribution in [1.29, 1.82) is 0 Å². The molecule has 3 unspecified atom stereocenters. The summed E-state index contributed by atoms with van der Waals surface area (Å²) in [6.45, 7) is 2.29. The molecule has 1 spiro atoms. The van der Waals surface area contributed by atoms with Gasteiger partial charge in [0.1, 0.15) is 5.60 Å². The van der Waals surface area contributed by atoms with Crippen LogP contribution in [0.15, 0.2) is 30.3 Å². The molecule has 2 aliphatic heterocycles. The fraction of sp³-hybridized carbons (Fsp3) is 0.625. The van der Waals surface area contributed by atoms with Crippen LogP contribution in [0.4, 0.5) is 0 Å². The van der Waals surface area contributed by atoms with Crippen molar-refractivity contribution in [2.75, 3.05) is 26.4 Å². The third kappa shape index (κ3) is 2.37. The summed E-state index contributed by atoms with van der Waals surface area (Å²) in [7, 11) is 0. The van der Waals surface area contributed by atoms with Crippen LogP contribution in [0.25, 0.3) is 0 Å². The third-order valence-electron chi connectivity index (χ3n) is 4.82. The van der Waals surface area contributed by atoms with E-state index in [1.165, 1.54) is 0 Å². The maximum absolute atomic E-state index is 11.1. The van der Waals surface area contributed by atoms with Crippen molar-refractivity contribution in [3.05, 3.63) is 35.9 Å². The lowest BCUT2D eigenvalue weighted by molar-refractivity contribution is -0.143. The Labute approximate surface area is 119 Å². The molecule has 4 nitrogen and oxygen atoms in total. The molecule has 2 heterocycles. The van der Waals surface area contributed by atoms with Gasteiger partial charge in [-0.3, -0.25) is 0 Å². The molecule has 0 amide bonds. The first-order valence-electron chi connectivity index (χ1n) is 7.38. The zero-order valence-corrected chi connectivity index (χ0v) is 11.8. The topological polar surface area (TPSA) is 64.7 Å². The van der Waals surface area contributed by atoms with Crippen LogP contribution < -0.4 is 5.73 Å². The minimum atomic E-state index is -0.972. The molecule has 0 radical (unpaired) electrons. The summed E-state index contributed by atoms with van der Waals surface area (Å²) in [5.74, 6) is 0.116. The normalized spacial score (nSPS) is 33.2. The van der Waals surface area contributed by atoms with Gasteiger partial charge in [0, 0.05) is 26.2 Å². The molecule has 4 heteroatoms. The van der Waals surface area contributed by atoms with E-state index >= 15 is 0 Å². The second kappa shape index (κ2) is 5.45. The first-order valence-corrected chi connectivity index (χ1v) is 7.38. The van der Waals surface area contributed by atoms with Crippen LogP contribution in [0.3, 0.4) is 0 Å². The molecular formula is C16H23NO3. The molecule has 0 bridgehead atoms. The molecule has 0 aliphatic carbocycles. The van der Waals surface area contributed by atoms with E-state index in [0.717, 1.165) is 31.4 Å². The maximum atomic E-state index is 11.1. The van der Waals surface area contributed by atoms with Crippen molar-refractivity contribution in [3.8, 4) is 0 Å². The predicted octanol–water partition coefficient (Wildman–Crippen LogP) is 1.42. The predicted molar refractivity (Wildman–Crippen MR) is 76.2 cm³/mol. The molecule has 2 saturated heterocycles. The lowest BCUT2D eigenvalue weighted by Gasteiger charge is -2.44. The summed E-state index contributed by atoms with van der Waals surface area (Å²) in [4.78, 5) is 0. The van der Waals surface area contributed by atoms with Crippen LogP contribution in [-0.2, 0) is 15.1 Å². The monoisotopic (exact) mass is 277 g/mol. The fourth-order valence-corrected chi connectivity index (χ4v) is 3.55. The molecule has 2 fully saturated rings. The number of benzene rings is 1. The highest BCUT2D eigenvalue weighted by molar-refractivity contribution is 5.24. The van der Waals surface area contributed by atoms with Crippen LogP contribution in [-0.4, -0.2) is 37.1 Å². The van der Waals surface area contributed by atoms with Gasteiger partial charge in [-0.25, -0.2) is 0 Å². The largest absolute Gasteiger partial charge is 0.384 e. The van der Waals surface area contributed by atoms with E-state index in [1.54, 1.807) is 0 Å². The smallest absolute Gasteiger partial charge is 0.105 e. The number of aliphatic hydroxyl groups is 1. The van der Waals surface area contributed by atoms with Gasteiger partial charge < -0.3 is 20.3 Å². The first-order chi connectivity index (χ1) is 9.69. The Kier molecular flexibility index (Phi) is 3.82. The molecule has 0 saturated carbocycles. The van der Waals surface area contributed by atoms with Gasteiger partial charge in [0.05, 0.1) is 12.2 Å². The van der Waals surface area contributed by atoms with Gasteiger partial charge in [0.15, 0.2) is 0 Å². The Morgan fingerprint density at radius 1 is 1.30 bits per heavy atom. The van der Waals surface area contributed by atoms with Gasteiger partial charge in [0.25, 0.3) is 0 Å². The van der Waals surface area contributed by atoms with Gasteiger partial charge >= 0.3 is 0 Å². The van der Waals surface area contributed by atoms with E-state index in [4.69, 9.17) is 15.2 Å². The zero-order valence-electron chi connectivity index (χ0n) is 11.8. The van der Waals surface area contributed by atoms with Gasteiger partial charge in [-0.1, -0.05) is 30.3 Å². The summed E-state index contributed by atoms with van der Waals surface area (Å²) >= 11 is 0. The van der Waals surface area contributed by atoms with Crippen molar-refractivity contribution >= 4 is 0 Å². The Morgan fingerprint density at radius 3 is 2.75 bits per heavy atom. The maximum Gasteiger partial charge on any atom is 0.105 e. The summed E-state index contributed by atoms with van der Waals surface area (Å²) < 4.78 is 11.5. The second-order valence-electron chi connectivity index (χ2n) is 6.02. The summed E-state index contributed by atoms with van der Waals surface area (Å²) in [5, 5.41) is 11.1. The molecule has 0 aromatic heterocycles. The lowest BCUT2D eigenvalue weighted by atomic mass is 9.72. The number of ether oxygens (including phenoxy) is 2. The summed E-state index contributed by atoms with van der Waals surface area (Å²) in [6.07, 6.45) is 2.57. The summed E-state index contributed by atoms with van der Waals surface area (Å²) in [5.41, 5.74) is 5.66. The SMILES string of the molecule is NCC(O)(c1ccccc1)C1CCOC2(CCOC2)C1. The van der Waals surface area contributed by atoms with E-state index in [9.17, 15) is 5.11 Å². The quantitative estimate of drug-likeness (QED) is 0.877. The van der Waals surface area contributed by atoms with Gasteiger partial charge in [-0.05, 0) is 24.3 Å². The van der Waals surface area contributed by atoms with Crippen LogP contribution in [0.1, 0.15) is 24.8 Å². The Bertz CT molecular complexity index is 444. The van der Waals surface area contributed by atoms with Gasteiger partial charge in [-0.15, -0.1) is 0 Å². The Balaban J connectivity index is 1.85. The molecule has 3 atom stereocenters. The first kappa shape index (κ1) is 14.0. The van der Waals surface area contributed by atoms with Crippen molar-refractivity contribution in [1.82, 2.24) is 0 Å². The molecule has 3 N–H and O–H groups in total. The van der Waals surface area contributed by atoms with E-state index < -0.39 is 5.60 Å². The van der Waals surface area contributed by atoms with Crippen LogP contribution >= 0.6 is 0 Å². The molecule has 1 aromatic rings. The molecule has 3 rings (SSSR count). The van der Waals surface area contributed by atoms with Crippen molar-refractivity contribution in [2.45, 2.75) is 30.5 Å². The van der Waals surface area contributed by atoms with Crippen LogP contribution in [0.2, 0.25) is 0 Å². The average molecular weight is 277 g/mol. The van der Waals surface area contributed by atoms with E-state index in [2.05, 4.69) is 0 Å². The molecule has 2 aliphatic rings. The Hall–Kier alpha value is -0.940. The number of hydrogen-bond acceptors (Lipinski definition) is 4. The van der Waals surface area contributed by atoms with Crippen molar-refractivity contribution in [3.63, 3.8) is 0 Å². The van der Waals surface area contributed by atoms with Crippen molar-refractivity contribution in [2.24, 2.45) is 11.7 Å². The number of nitrogens with two attached hydrogens (primary N) is 1. The second-order valence-corrected chi connectivity index (χ2v) is 6.02. The average Bonchev–Trinajstić information content (AvgIpc) is 2.95. The number of hydrogen-bond donors (Lipinski definition) is 2. The van der Waals surface area contributed by atoms with E-state index in [1.807, 2.05) is 30.3 Å². The standard InChI is InChI=1S/C16H23NO3/c17-11-16(18,13-4-2-1-3-5-13)14-6-8-20-15(10-14)7-9-19-12-15/h1-5,14,18H,6-12,17H2. The fourth-order valence-electron chi connectivity index (χ4n) is 3.55. The highest BCUT2D eigenvalue weighted by Gasteiger charge is 2.47. The van der Waals surface area contributed by atoms with Crippen LogP contribution in [0, 0.1) is 5.92 Å². The number of rotatable bonds is 3. The highest BCUT2D eigenvalue weighted by Crippen LogP contribution is 2.43. The van der Waals surface area contributed by atoms with E-state index in [-0.39, 0.29) is 18.1 Å². The minimum Gasteiger partial charge on any atom is -0.384 e. The molecule has 20 heavy (non-hydrogen) atoms.